The van der Waals surface area contributed by atoms with Crippen LogP contribution in [0, 0.1) is 12.3 Å². The fraction of sp³-hybridized carbons (Fsp3) is 0.0833. The number of hydrogen-bond acceptors (Lipinski definition) is 7. The van der Waals surface area contributed by atoms with Crippen LogP contribution in [-0.2, 0) is 4.79 Å². The van der Waals surface area contributed by atoms with Crippen molar-refractivity contribution >= 4 is 63.2 Å². The first-order valence-corrected chi connectivity index (χ1v) is 12.2. The molecular weight excluding hydrogens is 492 g/mol. The molecule has 3 heterocycles. The molecule has 0 fully saturated rings. The van der Waals surface area contributed by atoms with Crippen molar-refractivity contribution in [3.63, 3.8) is 0 Å². The van der Waals surface area contributed by atoms with Crippen LogP contribution in [0.5, 0.6) is 5.75 Å². The van der Waals surface area contributed by atoms with Crippen molar-refractivity contribution in [2.45, 2.75) is 16.9 Å². The highest BCUT2D eigenvalue weighted by Gasteiger charge is 2.36. The molecule has 0 aliphatic carbocycles. The predicted octanol–water partition coefficient (Wildman–Crippen LogP) is 6.09. The summed E-state index contributed by atoms with van der Waals surface area (Å²) in [6.07, 6.45) is 1.51. The van der Waals surface area contributed by atoms with Gasteiger partial charge in [-0.2, -0.15) is 15.1 Å². The number of fused-ring (bicyclic) bond motifs is 1. The lowest BCUT2D eigenvalue weighted by Crippen LogP contribution is -2.35. The van der Waals surface area contributed by atoms with Gasteiger partial charge < -0.3 is 9.15 Å². The third-order valence-electron chi connectivity index (χ3n) is 4.86. The van der Waals surface area contributed by atoms with Gasteiger partial charge in [0.25, 0.3) is 5.91 Å². The number of hydrazone groups is 1. The van der Waals surface area contributed by atoms with Gasteiger partial charge in [-0.05, 0) is 72.8 Å². The zero-order valence-electron chi connectivity index (χ0n) is 17.8. The van der Waals surface area contributed by atoms with Gasteiger partial charge in [-0.15, -0.1) is 0 Å². The number of carbonyl (C=O) groups excluding carboxylic acids is 1. The molecule has 2 aliphatic heterocycles. The highest BCUT2D eigenvalue weighted by atomic mass is 35.5. The largest absolute Gasteiger partial charge is 0.486 e. The third kappa shape index (κ3) is 4.82. The maximum Gasteiger partial charge on any atom is 0.283 e. The monoisotopic (exact) mass is 508 g/mol. The molecule has 1 aromatic heterocycles. The van der Waals surface area contributed by atoms with E-state index in [-0.39, 0.29) is 18.0 Å². The Balaban J connectivity index is 1.30. The van der Waals surface area contributed by atoms with Gasteiger partial charge in [0.05, 0.1) is 5.57 Å². The number of thioether (sulfide) groups is 1. The Hall–Kier alpha value is -3.27. The van der Waals surface area contributed by atoms with E-state index in [1.165, 1.54) is 34.6 Å². The third-order valence-corrected chi connectivity index (χ3v) is 6.92. The topological polar surface area (TPSA) is 91.2 Å². The molecule has 10 heteroatoms. The molecule has 0 saturated heterocycles. The van der Waals surface area contributed by atoms with E-state index in [1.54, 1.807) is 6.07 Å². The molecule has 170 valence electrons. The minimum Gasteiger partial charge on any atom is -0.486 e. The van der Waals surface area contributed by atoms with Crippen LogP contribution in [0.15, 0.2) is 90.7 Å². The van der Waals surface area contributed by atoms with E-state index in [0.29, 0.717) is 26.1 Å². The van der Waals surface area contributed by atoms with Gasteiger partial charge in [0, 0.05) is 9.92 Å². The normalized spacial score (nSPS) is 16.5. The lowest BCUT2D eigenvalue weighted by atomic mass is 10.1. The maximum absolute atomic E-state index is 12.6. The number of nitrogens with one attached hydrogen (secondary N) is 1. The fourth-order valence-electron chi connectivity index (χ4n) is 3.18. The van der Waals surface area contributed by atoms with E-state index in [9.17, 15) is 4.79 Å². The Morgan fingerprint density at radius 3 is 2.76 bits per heavy atom. The average molecular weight is 509 g/mol. The molecule has 34 heavy (non-hydrogen) atoms. The molecule has 2 aliphatic rings. The number of ether oxygens (including phenoxy) is 1. The Morgan fingerprint density at radius 1 is 1.18 bits per heavy atom. The summed E-state index contributed by atoms with van der Waals surface area (Å²) in [5.74, 6) is 0.636. The summed E-state index contributed by atoms with van der Waals surface area (Å²) >= 11 is 8.58. The number of para-hydroxylation sites is 1. The van der Waals surface area contributed by atoms with Gasteiger partial charge in [-0.3, -0.25) is 10.2 Å². The number of benzene rings is 2. The number of carbonyl (C=O) groups is 1. The molecule has 0 radical (unpaired) electrons. The van der Waals surface area contributed by atoms with Crippen LogP contribution in [0.25, 0.3) is 6.08 Å². The number of amidine groups is 2. The lowest BCUT2D eigenvalue weighted by molar-refractivity contribution is -0.114. The smallest absolute Gasteiger partial charge is 0.283 e. The summed E-state index contributed by atoms with van der Waals surface area (Å²) < 4.78 is 11.7. The first-order chi connectivity index (χ1) is 16.5. The highest BCUT2D eigenvalue weighted by Crippen LogP contribution is 2.32. The number of aryl methyl sites for hydroxylation is 1. The van der Waals surface area contributed by atoms with E-state index in [2.05, 4.69) is 10.1 Å². The summed E-state index contributed by atoms with van der Waals surface area (Å²) in [6, 6.07) is 18.7. The lowest BCUT2D eigenvalue weighted by Gasteiger charge is -2.19. The summed E-state index contributed by atoms with van der Waals surface area (Å²) in [5, 5.41) is 16.6. The first-order valence-electron chi connectivity index (χ1n) is 10.2. The molecule has 0 unspecified atom stereocenters. The van der Waals surface area contributed by atoms with Crippen molar-refractivity contribution in [3.05, 3.63) is 82.6 Å². The minimum atomic E-state index is -0.511. The van der Waals surface area contributed by atoms with Crippen LogP contribution >= 0.6 is 35.1 Å². The minimum absolute atomic E-state index is 0.0586. The van der Waals surface area contributed by atoms with Crippen molar-refractivity contribution in [2.75, 3.05) is 6.61 Å². The van der Waals surface area contributed by atoms with Gasteiger partial charge in [0.1, 0.15) is 23.2 Å². The van der Waals surface area contributed by atoms with Crippen molar-refractivity contribution < 1.29 is 13.9 Å². The molecule has 2 aromatic carbocycles. The van der Waals surface area contributed by atoms with Gasteiger partial charge in [0.2, 0.25) is 5.17 Å². The Bertz CT molecular complexity index is 1380. The molecule has 1 N–H and O–H groups in total. The standard InChI is InChI=1S/C24H17ClN4O3S2/c1-14-4-2-3-5-19(14)31-13-20-28-29-22(26)18(23(30)27-24(29)34-20)12-16-8-11-21(32-16)33-17-9-6-15(25)7-10-17/h2-12,26H,13H2,1H3/b18-12-,26-22?. The molecule has 7 nitrogen and oxygen atoms in total. The van der Waals surface area contributed by atoms with Crippen LogP contribution in [-0.4, -0.2) is 33.6 Å². The molecule has 0 atom stereocenters. The van der Waals surface area contributed by atoms with E-state index in [4.69, 9.17) is 26.2 Å². The van der Waals surface area contributed by atoms with Gasteiger partial charge in [0.15, 0.2) is 10.9 Å². The van der Waals surface area contributed by atoms with Crippen LogP contribution in [0.1, 0.15) is 11.3 Å². The second-order valence-electron chi connectivity index (χ2n) is 7.28. The number of halogens is 1. The quantitative estimate of drug-likeness (QED) is 0.405. The molecule has 1 amide bonds. The molecule has 0 bridgehead atoms. The Labute approximate surface area is 209 Å². The van der Waals surface area contributed by atoms with E-state index < -0.39 is 5.91 Å². The fourth-order valence-corrected chi connectivity index (χ4v) is 4.88. The van der Waals surface area contributed by atoms with Crippen LogP contribution in [0.3, 0.4) is 0 Å². The number of rotatable bonds is 6. The molecular formula is C24H17ClN4O3S2. The second-order valence-corrected chi connectivity index (χ2v) is 9.84. The molecule has 3 aromatic rings. The summed E-state index contributed by atoms with van der Waals surface area (Å²) in [5.41, 5.74) is 1.12. The Morgan fingerprint density at radius 2 is 1.97 bits per heavy atom. The van der Waals surface area contributed by atoms with Crippen LogP contribution in [0.4, 0.5) is 0 Å². The molecule has 5 rings (SSSR count). The van der Waals surface area contributed by atoms with Crippen molar-refractivity contribution in [1.29, 1.82) is 5.41 Å². The number of furan rings is 1. The summed E-state index contributed by atoms with van der Waals surface area (Å²) in [6.45, 7) is 2.18. The number of aliphatic imine (C=N–C) groups is 1. The van der Waals surface area contributed by atoms with Crippen molar-refractivity contribution in [3.8, 4) is 5.75 Å². The zero-order valence-corrected chi connectivity index (χ0v) is 20.2. The molecule has 0 spiro atoms. The number of amides is 1. The van der Waals surface area contributed by atoms with Gasteiger partial charge >= 0.3 is 0 Å². The number of hydrogen-bond donors (Lipinski definition) is 1. The zero-order chi connectivity index (χ0) is 23.7. The average Bonchev–Trinajstić information content (AvgIpc) is 3.44. The van der Waals surface area contributed by atoms with Gasteiger partial charge in [-0.25, -0.2) is 0 Å². The summed E-state index contributed by atoms with van der Waals surface area (Å²) in [7, 11) is 0. The number of nitrogens with zero attached hydrogens (tertiary/aromatic N) is 3. The predicted molar refractivity (Wildman–Crippen MR) is 136 cm³/mol. The van der Waals surface area contributed by atoms with E-state index in [1.807, 2.05) is 61.5 Å². The van der Waals surface area contributed by atoms with Crippen LogP contribution < -0.4 is 4.74 Å². The SMILES string of the molecule is Cc1ccccc1OCC1=NN2C(=N)/C(=C/c3ccc(Sc4ccc(Cl)cc4)o3)C(=O)N=C2S1. The first kappa shape index (κ1) is 22.5. The van der Waals surface area contributed by atoms with E-state index >= 15 is 0 Å². The van der Waals surface area contributed by atoms with Crippen molar-refractivity contribution in [1.82, 2.24) is 5.01 Å². The van der Waals surface area contributed by atoms with Crippen LogP contribution in [0.2, 0.25) is 5.02 Å². The van der Waals surface area contributed by atoms with Crippen molar-refractivity contribution in [2.24, 2.45) is 10.1 Å². The highest BCUT2D eigenvalue weighted by molar-refractivity contribution is 8.27. The van der Waals surface area contributed by atoms with E-state index in [0.717, 1.165) is 16.2 Å². The Kier molecular flexibility index (Phi) is 6.32. The summed E-state index contributed by atoms with van der Waals surface area (Å²) in [4.78, 5) is 17.7. The van der Waals surface area contributed by atoms with Gasteiger partial charge in [-0.1, -0.05) is 41.6 Å². The maximum atomic E-state index is 12.6. The molecule has 0 saturated carbocycles. The second kappa shape index (κ2) is 9.54.